The van der Waals surface area contributed by atoms with Gasteiger partial charge in [0.2, 0.25) is 0 Å². The van der Waals surface area contributed by atoms with E-state index in [1.807, 2.05) is 11.4 Å². The number of thioether (sulfide) groups is 1. The Kier molecular flexibility index (Phi) is 5.27. The molecular formula is C16H13FN2O3S2. The van der Waals surface area contributed by atoms with Crippen LogP contribution in [0.1, 0.15) is 5.56 Å². The first-order chi connectivity index (χ1) is 11.7. The Labute approximate surface area is 145 Å². The van der Waals surface area contributed by atoms with Crippen LogP contribution in [0.15, 0.2) is 41.0 Å². The summed E-state index contributed by atoms with van der Waals surface area (Å²) < 4.78 is 23.6. The molecule has 1 aromatic carbocycles. The van der Waals surface area contributed by atoms with Gasteiger partial charge in [-0.1, -0.05) is 17.8 Å². The number of fused-ring (bicyclic) bond motifs is 1. The normalized spacial score (nSPS) is 10.8. The number of nitrogens with zero attached hydrogens (tertiary/aromatic N) is 2. The molecule has 3 aromatic rings. The van der Waals surface area contributed by atoms with Gasteiger partial charge in [0.05, 0.1) is 12.9 Å². The van der Waals surface area contributed by atoms with E-state index in [-0.39, 0.29) is 18.1 Å². The number of thiophene rings is 1. The summed E-state index contributed by atoms with van der Waals surface area (Å²) >= 11 is 2.82. The molecule has 8 heteroatoms. The number of ether oxygens (including phenoxy) is 2. The summed E-state index contributed by atoms with van der Waals surface area (Å²) in [6.45, 7) is 0.0118. The number of carbonyl (C=O) groups is 1. The number of hydrogen-bond donors (Lipinski definition) is 0. The van der Waals surface area contributed by atoms with E-state index >= 15 is 0 Å². The zero-order valence-corrected chi connectivity index (χ0v) is 14.3. The SMILES string of the molecule is COc1ccc(COC(=O)CSc2ncnc3sccc23)cc1F. The lowest BCUT2D eigenvalue weighted by atomic mass is 10.2. The number of esters is 1. The average Bonchev–Trinajstić information content (AvgIpc) is 3.07. The average molecular weight is 364 g/mol. The molecule has 0 atom stereocenters. The Hall–Kier alpha value is -2.19. The molecule has 0 saturated heterocycles. The maximum atomic E-state index is 13.6. The van der Waals surface area contributed by atoms with Gasteiger partial charge in [-0.05, 0) is 29.1 Å². The first-order valence-electron chi connectivity index (χ1n) is 6.96. The van der Waals surface area contributed by atoms with Gasteiger partial charge in [-0.3, -0.25) is 4.79 Å². The molecule has 0 spiro atoms. The molecule has 0 saturated carbocycles. The van der Waals surface area contributed by atoms with E-state index in [1.165, 1.54) is 48.7 Å². The third kappa shape index (κ3) is 3.82. The smallest absolute Gasteiger partial charge is 0.316 e. The quantitative estimate of drug-likeness (QED) is 0.378. The van der Waals surface area contributed by atoms with E-state index in [9.17, 15) is 9.18 Å². The van der Waals surface area contributed by atoms with Gasteiger partial charge in [-0.2, -0.15) is 0 Å². The van der Waals surface area contributed by atoms with Gasteiger partial charge >= 0.3 is 5.97 Å². The molecule has 124 valence electrons. The largest absolute Gasteiger partial charge is 0.494 e. The lowest BCUT2D eigenvalue weighted by Gasteiger charge is -2.07. The summed E-state index contributed by atoms with van der Waals surface area (Å²) in [5, 5.41) is 3.60. The minimum absolute atomic E-state index is 0.0118. The van der Waals surface area contributed by atoms with Crippen LogP contribution in [0.4, 0.5) is 4.39 Å². The third-order valence-corrected chi connectivity index (χ3v) is 4.97. The number of hydrogen-bond acceptors (Lipinski definition) is 7. The van der Waals surface area contributed by atoms with Crippen molar-refractivity contribution in [2.45, 2.75) is 11.6 Å². The number of carbonyl (C=O) groups excluding carboxylic acids is 1. The van der Waals surface area contributed by atoms with Crippen LogP contribution in [-0.4, -0.2) is 28.8 Å². The van der Waals surface area contributed by atoms with E-state index < -0.39 is 11.8 Å². The summed E-state index contributed by atoms with van der Waals surface area (Å²) in [5.74, 6) is -0.593. The summed E-state index contributed by atoms with van der Waals surface area (Å²) in [6, 6.07) is 6.37. The summed E-state index contributed by atoms with van der Waals surface area (Å²) in [7, 11) is 1.40. The molecule has 5 nitrogen and oxygen atoms in total. The Morgan fingerprint density at radius 3 is 3.00 bits per heavy atom. The Morgan fingerprint density at radius 1 is 1.33 bits per heavy atom. The standard InChI is InChI=1S/C16H13FN2O3S2/c1-21-13-3-2-10(6-12(13)17)7-22-14(20)8-24-16-11-4-5-23-15(11)18-9-19-16/h2-6,9H,7-8H2,1H3. The van der Waals surface area contributed by atoms with Crippen LogP contribution in [0, 0.1) is 5.82 Å². The van der Waals surface area contributed by atoms with E-state index in [4.69, 9.17) is 9.47 Å². The number of aromatic nitrogens is 2. The molecule has 2 aromatic heterocycles. The van der Waals surface area contributed by atoms with Gasteiger partial charge in [-0.25, -0.2) is 14.4 Å². The fraction of sp³-hybridized carbons (Fsp3) is 0.188. The lowest BCUT2D eigenvalue weighted by Crippen LogP contribution is -2.07. The first-order valence-corrected chi connectivity index (χ1v) is 8.83. The van der Waals surface area contributed by atoms with Crippen molar-refractivity contribution in [1.29, 1.82) is 0 Å². The highest BCUT2D eigenvalue weighted by atomic mass is 32.2. The van der Waals surface area contributed by atoms with Crippen LogP contribution in [0.3, 0.4) is 0 Å². The van der Waals surface area contributed by atoms with Crippen LogP contribution < -0.4 is 4.74 Å². The molecule has 0 radical (unpaired) electrons. The minimum atomic E-state index is -0.485. The molecule has 24 heavy (non-hydrogen) atoms. The molecule has 3 rings (SSSR count). The fourth-order valence-electron chi connectivity index (χ4n) is 2.01. The van der Waals surface area contributed by atoms with Crippen molar-refractivity contribution >= 4 is 39.3 Å². The first kappa shape index (κ1) is 16.7. The molecule has 0 aliphatic heterocycles. The van der Waals surface area contributed by atoms with E-state index in [2.05, 4.69) is 9.97 Å². The van der Waals surface area contributed by atoms with Gasteiger partial charge < -0.3 is 9.47 Å². The van der Waals surface area contributed by atoms with Crippen molar-refractivity contribution < 1.29 is 18.7 Å². The van der Waals surface area contributed by atoms with Crippen LogP contribution in [0.2, 0.25) is 0 Å². The molecule has 0 N–H and O–H groups in total. The van der Waals surface area contributed by atoms with Gasteiger partial charge in [-0.15, -0.1) is 11.3 Å². The van der Waals surface area contributed by atoms with Crippen LogP contribution >= 0.6 is 23.1 Å². The van der Waals surface area contributed by atoms with Crippen molar-refractivity contribution in [3.05, 3.63) is 47.4 Å². The highest BCUT2D eigenvalue weighted by Crippen LogP contribution is 2.27. The zero-order valence-electron chi connectivity index (χ0n) is 12.7. The Balaban J connectivity index is 1.54. The zero-order chi connectivity index (χ0) is 16.9. The molecule has 0 aliphatic rings. The number of rotatable bonds is 6. The summed E-state index contributed by atoms with van der Waals surface area (Å²) in [5.41, 5.74) is 0.564. The Morgan fingerprint density at radius 2 is 2.21 bits per heavy atom. The summed E-state index contributed by atoms with van der Waals surface area (Å²) in [4.78, 5) is 21.1. The van der Waals surface area contributed by atoms with Crippen molar-refractivity contribution in [3.8, 4) is 5.75 Å². The Bertz CT molecular complexity index is 869. The summed E-state index contributed by atoms with van der Waals surface area (Å²) in [6.07, 6.45) is 1.48. The number of methoxy groups -OCH3 is 1. The maximum Gasteiger partial charge on any atom is 0.316 e. The van der Waals surface area contributed by atoms with Crippen molar-refractivity contribution in [2.24, 2.45) is 0 Å². The molecule has 0 unspecified atom stereocenters. The van der Waals surface area contributed by atoms with E-state index in [1.54, 1.807) is 6.07 Å². The van der Waals surface area contributed by atoms with E-state index in [0.29, 0.717) is 5.56 Å². The molecule has 2 heterocycles. The van der Waals surface area contributed by atoms with Crippen LogP contribution in [0.25, 0.3) is 10.2 Å². The van der Waals surface area contributed by atoms with Crippen molar-refractivity contribution in [1.82, 2.24) is 9.97 Å². The fourth-order valence-corrected chi connectivity index (χ4v) is 3.59. The van der Waals surface area contributed by atoms with Crippen molar-refractivity contribution in [2.75, 3.05) is 12.9 Å². The van der Waals surface area contributed by atoms with E-state index in [0.717, 1.165) is 15.2 Å². The van der Waals surface area contributed by atoms with Crippen molar-refractivity contribution in [3.63, 3.8) is 0 Å². The second-order valence-electron chi connectivity index (χ2n) is 4.74. The molecule has 0 aliphatic carbocycles. The van der Waals surface area contributed by atoms with Gasteiger partial charge in [0.1, 0.15) is 22.8 Å². The minimum Gasteiger partial charge on any atom is -0.494 e. The van der Waals surface area contributed by atoms with Gasteiger partial charge in [0.25, 0.3) is 0 Å². The highest BCUT2D eigenvalue weighted by Gasteiger charge is 2.10. The number of halogens is 1. The third-order valence-electron chi connectivity index (χ3n) is 3.17. The monoisotopic (exact) mass is 364 g/mol. The molecule has 0 fully saturated rings. The second kappa shape index (κ2) is 7.59. The van der Waals surface area contributed by atoms with Gasteiger partial charge in [0, 0.05) is 5.39 Å². The predicted molar refractivity (Wildman–Crippen MR) is 90.9 cm³/mol. The van der Waals surface area contributed by atoms with Gasteiger partial charge in [0.15, 0.2) is 11.6 Å². The van der Waals surface area contributed by atoms with Crippen LogP contribution in [0.5, 0.6) is 5.75 Å². The number of benzene rings is 1. The van der Waals surface area contributed by atoms with Crippen LogP contribution in [-0.2, 0) is 16.1 Å². The topological polar surface area (TPSA) is 61.3 Å². The highest BCUT2D eigenvalue weighted by molar-refractivity contribution is 8.00. The molecule has 0 amide bonds. The second-order valence-corrected chi connectivity index (χ2v) is 6.60. The predicted octanol–water partition coefficient (Wildman–Crippen LogP) is 3.67. The molecular weight excluding hydrogens is 351 g/mol. The lowest BCUT2D eigenvalue weighted by molar-refractivity contribution is -0.141. The maximum absolute atomic E-state index is 13.6. The molecule has 0 bridgehead atoms.